The summed E-state index contributed by atoms with van der Waals surface area (Å²) in [6.07, 6.45) is 1.02. The number of benzene rings is 1. The third-order valence-corrected chi connectivity index (χ3v) is 5.44. The zero-order valence-corrected chi connectivity index (χ0v) is 17.3. The van der Waals surface area contributed by atoms with Gasteiger partial charge in [-0.3, -0.25) is 14.6 Å². The molecule has 0 fully saturated rings. The van der Waals surface area contributed by atoms with E-state index in [4.69, 9.17) is 5.73 Å². The highest BCUT2D eigenvalue weighted by atomic mass is 16.4. The van der Waals surface area contributed by atoms with Crippen LogP contribution in [-0.2, 0) is 9.59 Å². The fourth-order valence-corrected chi connectivity index (χ4v) is 3.81. The van der Waals surface area contributed by atoms with E-state index >= 15 is 0 Å². The van der Waals surface area contributed by atoms with Gasteiger partial charge in [0.1, 0.15) is 18.3 Å². The van der Waals surface area contributed by atoms with Gasteiger partial charge < -0.3 is 31.4 Å². The Labute approximate surface area is 186 Å². The zero-order chi connectivity index (χ0) is 23.7. The van der Waals surface area contributed by atoms with Crippen LogP contribution >= 0.6 is 0 Å². The van der Waals surface area contributed by atoms with Gasteiger partial charge in [-0.15, -0.1) is 0 Å². The van der Waals surface area contributed by atoms with E-state index in [-0.39, 0.29) is 29.5 Å². The standard InChI is InChI=1S/C20H21N7O6/c21-20-24-16-15(18(31)25-20)27-9-26(8-12(27)7-22-16)11-3-1-10(2-4-11)17(30)23-13(19(32)33)5-6-14(28)29/h1-4,9,12-13H,5-8H2,(H6-,21,22,23,24,25,28,29,30,31,32,33). The van der Waals surface area contributed by atoms with E-state index in [1.54, 1.807) is 18.5 Å². The predicted molar refractivity (Wildman–Crippen MR) is 114 cm³/mol. The van der Waals surface area contributed by atoms with Crippen molar-refractivity contribution >= 4 is 47.3 Å². The van der Waals surface area contributed by atoms with Crippen molar-refractivity contribution in [3.05, 3.63) is 40.2 Å². The number of carbonyl (C=O) groups is 3. The summed E-state index contributed by atoms with van der Waals surface area (Å²) in [5, 5.41) is 25.2. The van der Waals surface area contributed by atoms with Crippen LogP contribution in [0.3, 0.4) is 0 Å². The number of H-pyrrole nitrogens is 1. The summed E-state index contributed by atoms with van der Waals surface area (Å²) in [6, 6.07) is 5.10. The molecule has 0 aliphatic carbocycles. The Kier molecular flexibility index (Phi) is 5.69. The minimum atomic E-state index is -1.39. The number of nitrogens with one attached hydrogen (secondary N) is 3. The molecular formula is C20H21N7O6. The molecule has 2 atom stereocenters. The summed E-state index contributed by atoms with van der Waals surface area (Å²) < 4.78 is 1.83. The average Bonchev–Trinajstić information content (AvgIpc) is 3.20. The number of aliphatic carboxylic acids is 2. The van der Waals surface area contributed by atoms with Crippen LogP contribution in [0.5, 0.6) is 0 Å². The van der Waals surface area contributed by atoms with E-state index < -0.39 is 30.3 Å². The lowest BCUT2D eigenvalue weighted by molar-refractivity contribution is -0.468. The molecule has 0 bridgehead atoms. The first-order valence-corrected chi connectivity index (χ1v) is 10.1. The van der Waals surface area contributed by atoms with Crippen LogP contribution in [0.15, 0.2) is 29.1 Å². The fourth-order valence-electron chi connectivity index (χ4n) is 3.81. The molecule has 4 rings (SSSR count). The number of nitrogens with zero attached hydrogens (tertiary/aromatic N) is 3. The molecule has 172 valence electrons. The highest BCUT2D eigenvalue weighted by Crippen LogP contribution is 2.28. The van der Waals surface area contributed by atoms with Gasteiger partial charge >= 0.3 is 11.5 Å². The number of fused-ring (bicyclic) bond motifs is 3. The van der Waals surface area contributed by atoms with Gasteiger partial charge in [0, 0.05) is 11.5 Å². The topological polar surface area (TPSA) is 197 Å². The maximum Gasteiger partial charge on any atom is 0.326 e. The third-order valence-electron chi connectivity index (χ3n) is 5.44. The van der Waals surface area contributed by atoms with Crippen LogP contribution in [0.2, 0.25) is 0 Å². The molecule has 3 heterocycles. The number of carboxylic acids is 2. The normalized spacial score (nSPS) is 17.3. The zero-order valence-electron chi connectivity index (χ0n) is 17.3. The minimum Gasteiger partial charge on any atom is -0.550 e. The number of nitrogen functional groups attached to an aromatic ring is 1. The van der Waals surface area contributed by atoms with Crippen molar-refractivity contribution in [3.8, 4) is 0 Å². The number of nitrogens with two attached hydrogens (primary N) is 1. The van der Waals surface area contributed by atoms with Gasteiger partial charge in [0.15, 0.2) is 11.9 Å². The van der Waals surface area contributed by atoms with Crippen molar-refractivity contribution in [1.82, 2.24) is 15.3 Å². The second-order valence-electron chi connectivity index (χ2n) is 7.68. The monoisotopic (exact) mass is 455 g/mol. The molecule has 0 spiro atoms. The largest absolute Gasteiger partial charge is 0.550 e. The summed E-state index contributed by atoms with van der Waals surface area (Å²) in [6.45, 7) is 1.13. The number of carbonyl (C=O) groups excluding carboxylic acids is 2. The first-order chi connectivity index (χ1) is 15.7. The molecule has 13 nitrogen and oxygen atoms in total. The molecule has 2 aliphatic rings. The Balaban J connectivity index is 1.49. The second kappa shape index (κ2) is 8.61. The number of rotatable bonds is 7. The number of anilines is 3. The molecule has 1 amide bonds. The smallest absolute Gasteiger partial charge is 0.326 e. The summed E-state index contributed by atoms with van der Waals surface area (Å²) in [7, 11) is 0. The summed E-state index contributed by atoms with van der Waals surface area (Å²) in [4.78, 5) is 55.2. The lowest BCUT2D eigenvalue weighted by Gasteiger charge is -2.20. The Hall–Kier alpha value is -4.42. The van der Waals surface area contributed by atoms with Gasteiger partial charge in [0.05, 0.1) is 6.54 Å². The Morgan fingerprint density at radius 1 is 1.33 bits per heavy atom. The number of aromatic nitrogens is 2. The number of hydrogen-bond acceptors (Lipinski definition) is 9. The quantitative estimate of drug-likeness (QED) is 0.293. The SMILES string of the molecule is Nc1nc2c(c(=O)[nH]1)[N+]1=CN(c3ccc(C(=O)NC(CCC(=O)[O-])C(=O)O)cc3)CC1CN2. The van der Waals surface area contributed by atoms with Crippen LogP contribution in [0, 0.1) is 0 Å². The van der Waals surface area contributed by atoms with Crippen molar-refractivity contribution in [2.45, 2.75) is 24.9 Å². The highest BCUT2D eigenvalue weighted by molar-refractivity contribution is 5.97. The van der Waals surface area contributed by atoms with Crippen LogP contribution in [0.1, 0.15) is 23.2 Å². The van der Waals surface area contributed by atoms with E-state index in [1.807, 2.05) is 9.48 Å². The molecule has 0 saturated carbocycles. The first kappa shape index (κ1) is 21.8. The van der Waals surface area contributed by atoms with Crippen LogP contribution in [0.25, 0.3) is 0 Å². The van der Waals surface area contributed by atoms with Crippen molar-refractivity contribution in [1.29, 1.82) is 0 Å². The van der Waals surface area contributed by atoms with Gasteiger partial charge in [-0.05, 0) is 37.1 Å². The highest BCUT2D eigenvalue weighted by Gasteiger charge is 2.39. The van der Waals surface area contributed by atoms with E-state index in [0.717, 1.165) is 5.69 Å². The maximum absolute atomic E-state index is 12.4. The summed E-state index contributed by atoms with van der Waals surface area (Å²) in [5.74, 6) is -2.92. The van der Waals surface area contributed by atoms with Gasteiger partial charge in [-0.25, -0.2) is 14.3 Å². The lowest BCUT2D eigenvalue weighted by Crippen LogP contribution is -2.41. The summed E-state index contributed by atoms with van der Waals surface area (Å²) in [5.41, 5.74) is 6.61. The van der Waals surface area contributed by atoms with E-state index in [1.165, 1.54) is 12.1 Å². The molecule has 2 unspecified atom stereocenters. The molecule has 0 radical (unpaired) electrons. The number of carboxylic acid groups (broad SMARTS) is 2. The van der Waals surface area contributed by atoms with Crippen molar-refractivity contribution in [3.63, 3.8) is 0 Å². The second-order valence-corrected chi connectivity index (χ2v) is 7.68. The van der Waals surface area contributed by atoms with Gasteiger partial charge in [0.25, 0.3) is 5.91 Å². The Bertz CT molecular complexity index is 1210. The molecule has 0 saturated heterocycles. The van der Waals surface area contributed by atoms with E-state index in [2.05, 4.69) is 20.6 Å². The van der Waals surface area contributed by atoms with Crippen molar-refractivity contribution < 1.29 is 29.2 Å². The number of aromatic amines is 1. The molecule has 2 aliphatic heterocycles. The predicted octanol–water partition coefficient (Wildman–Crippen LogP) is -1.95. The maximum atomic E-state index is 12.4. The molecule has 6 N–H and O–H groups in total. The van der Waals surface area contributed by atoms with Crippen LogP contribution < -0.4 is 31.9 Å². The molecular weight excluding hydrogens is 434 g/mol. The average molecular weight is 455 g/mol. The van der Waals surface area contributed by atoms with Crippen LogP contribution in [0.4, 0.5) is 23.1 Å². The molecule has 2 aromatic rings. The van der Waals surface area contributed by atoms with Crippen LogP contribution in [-0.4, -0.2) is 69.0 Å². The first-order valence-electron chi connectivity index (χ1n) is 10.1. The lowest BCUT2D eigenvalue weighted by atomic mass is 10.1. The van der Waals surface area contributed by atoms with Gasteiger partial charge in [-0.1, -0.05) is 0 Å². The van der Waals surface area contributed by atoms with Gasteiger partial charge in [-0.2, -0.15) is 4.98 Å². The number of amides is 1. The summed E-state index contributed by atoms with van der Waals surface area (Å²) >= 11 is 0. The molecule has 1 aromatic carbocycles. The van der Waals surface area contributed by atoms with Gasteiger partial charge in [0.2, 0.25) is 18.0 Å². The van der Waals surface area contributed by atoms with Crippen molar-refractivity contribution in [2.75, 3.05) is 29.0 Å². The fraction of sp³-hybridized carbons (Fsp3) is 0.300. The Morgan fingerprint density at radius 3 is 2.73 bits per heavy atom. The van der Waals surface area contributed by atoms with Crippen molar-refractivity contribution in [2.24, 2.45) is 0 Å². The molecule has 33 heavy (non-hydrogen) atoms. The third kappa shape index (κ3) is 4.46. The van der Waals surface area contributed by atoms with E-state index in [9.17, 15) is 29.4 Å². The Morgan fingerprint density at radius 2 is 2.06 bits per heavy atom. The minimum absolute atomic E-state index is 0.0213. The molecule has 1 aromatic heterocycles. The van der Waals surface area contributed by atoms with E-state index in [0.29, 0.717) is 24.6 Å². The molecule has 13 heteroatoms. The number of hydrogen-bond donors (Lipinski definition) is 5.